The number of aryl methyl sites for hydroxylation is 1. The highest BCUT2D eigenvalue weighted by atomic mass is 35.5. The van der Waals surface area contributed by atoms with Gasteiger partial charge in [0.05, 0.1) is 17.2 Å². The third kappa shape index (κ3) is 2.77. The molecule has 0 aliphatic heterocycles. The summed E-state index contributed by atoms with van der Waals surface area (Å²) in [6, 6.07) is 11.0. The summed E-state index contributed by atoms with van der Waals surface area (Å²) in [4.78, 5) is 12.6. The van der Waals surface area contributed by atoms with Crippen LogP contribution in [0, 0.1) is 0 Å². The van der Waals surface area contributed by atoms with Gasteiger partial charge in [-0.25, -0.2) is 0 Å². The molecule has 0 amide bonds. The van der Waals surface area contributed by atoms with Crippen LogP contribution in [0.1, 0.15) is 27.9 Å². The highest BCUT2D eigenvalue weighted by molar-refractivity contribution is 6.43. The minimum Gasteiger partial charge on any atom is -0.497 e. The van der Waals surface area contributed by atoms with Crippen LogP contribution in [0.4, 0.5) is 0 Å². The van der Waals surface area contributed by atoms with Crippen molar-refractivity contribution in [2.45, 2.75) is 12.8 Å². The minimum absolute atomic E-state index is 0.0416. The second-order valence-electron chi connectivity index (χ2n) is 5.16. The molecule has 4 heteroatoms. The third-order valence-electron chi connectivity index (χ3n) is 3.82. The average Bonchev–Trinajstić information content (AvgIpc) is 2.54. The Morgan fingerprint density at radius 1 is 1.14 bits per heavy atom. The lowest BCUT2D eigenvalue weighted by atomic mass is 9.86. The summed E-state index contributed by atoms with van der Waals surface area (Å²) in [5.74, 6) is 0.816. The van der Waals surface area contributed by atoms with Crippen molar-refractivity contribution >= 4 is 35.1 Å². The molecule has 0 atom stereocenters. The molecule has 0 fully saturated rings. The van der Waals surface area contributed by atoms with Gasteiger partial charge < -0.3 is 4.74 Å². The SMILES string of the molecule is COc1ccc2c(c1)CC/C(=C/c1cccc(Cl)c1Cl)C2=O. The molecule has 22 heavy (non-hydrogen) atoms. The molecule has 0 N–H and O–H groups in total. The first-order chi connectivity index (χ1) is 10.6. The molecule has 112 valence electrons. The Labute approximate surface area is 139 Å². The quantitative estimate of drug-likeness (QED) is 0.705. The van der Waals surface area contributed by atoms with Crippen LogP contribution >= 0.6 is 23.2 Å². The van der Waals surface area contributed by atoms with E-state index in [9.17, 15) is 4.79 Å². The Balaban J connectivity index is 1.99. The molecule has 3 rings (SSSR count). The Hall–Kier alpha value is -1.77. The monoisotopic (exact) mass is 332 g/mol. The van der Waals surface area contributed by atoms with E-state index < -0.39 is 0 Å². The van der Waals surface area contributed by atoms with Crippen LogP contribution in [0.25, 0.3) is 6.08 Å². The maximum absolute atomic E-state index is 12.6. The van der Waals surface area contributed by atoms with E-state index in [1.165, 1.54) is 0 Å². The minimum atomic E-state index is 0.0416. The number of Topliss-reactive ketones (excluding diaryl/α,β-unsaturated/α-hetero) is 1. The molecule has 0 bridgehead atoms. The lowest BCUT2D eigenvalue weighted by molar-refractivity contribution is 0.102. The normalized spacial score (nSPS) is 15.8. The molecular formula is C18H14Cl2O2. The zero-order valence-electron chi connectivity index (χ0n) is 12.0. The molecule has 2 aromatic carbocycles. The molecule has 0 spiro atoms. The summed E-state index contributed by atoms with van der Waals surface area (Å²) in [5.41, 5.74) is 3.28. The third-order valence-corrected chi connectivity index (χ3v) is 4.66. The lowest BCUT2D eigenvalue weighted by Crippen LogP contribution is -2.14. The van der Waals surface area contributed by atoms with E-state index in [0.717, 1.165) is 34.4 Å². The molecule has 2 aromatic rings. The summed E-state index contributed by atoms with van der Waals surface area (Å²) >= 11 is 12.2. The fourth-order valence-corrected chi connectivity index (χ4v) is 3.00. The van der Waals surface area contributed by atoms with Gasteiger partial charge in [0.2, 0.25) is 0 Å². The van der Waals surface area contributed by atoms with Crippen LogP contribution in [-0.2, 0) is 6.42 Å². The summed E-state index contributed by atoms with van der Waals surface area (Å²) in [5, 5.41) is 0.967. The fraction of sp³-hybridized carbons (Fsp3) is 0.167. The van der Waals surface area contributed by atoms with Crippen LogP contribution in [0.15, 0.2) is 42.0 Å². The van der Waals surface area contributed by atoms with Gasteiger partial charge in [0, 0.05) is 11.1 Å². The predicted octanol–water partition coefficient (Wildman–Crippen LogP) is 5.21. The average molecular weight is 333 g/mol. The predicted molar refractivity (Wildman–Crippen MR) is 90.1 cm³/mol. The Bertz CT molecular complexity index is 779. The van der Waals surface area contributed by atoms with Gasteiger partial charge >= 0.3 is 0 Å². The highest BCUT2D eigenvalue weighted by Crippen LogP contribution is 2.32. The zero-order chi connectivity index (χ0) is 15.7. The standard InChI is InChI=1S/C18H14Cl2O2/c1-22-14-7-8-15-11(10-14)5-6-13(18(15)21)9-12-3-2-4-16(19)17(12)20/h2-4,7-10H,5-6H2,1H3/b13-9-. The number of rotatable bonds is 2. The summed E-state index contributed by atoms with van der Waals surface area (Å²) in [6.07, 6.45) is 3.33. The van der Waals surface area contributed by atoms with E-state index in [-0.39, 0.29) is 5.78 Å². The van der Waals surface area contributed by atoms with Crippen molar-refractivity contribution in [3.05, 3.63) is 68.7 Å². The van der Waals surface area contributed by atoms with E-state index in [0.29, 0.717) is 16.5 Å². The molecule has 2 nitrogen and oxygen atoms in total. The van der Waals surface area contributed by atoms with Gasteiger partial charge in [-0.15, -0.1) is 0 Å². The first-order valence-corrected chi connectivity index (χ1v) is 7.72. The Morgan fingerprint density at radius 2 is 1.95 bits per heavy atom. The van der Waals surface area contributed by atoms with Gasteiger partial charge in [-0.05, 0) is 54.3 Å². The van der Waals surface area contributed by atoms with Crippen LogP contribution in [0.3, 0.4) is 0 Å². The summed E-state index contributed by atoms with van der Waals surface area (Å²) in [7, 11) is 1.62. The number of benzene rings is 2. The van der Waals surface area contributed by atoms with Gasteiger partial charge in [-0.1, -0.05) is 35.3 Å². The largest absolute Gasteiger partial charge is 0.497 e. The molecular weight excluding hydrogens is 319 g/mol. The van der Waals surface area contributed by atoms with Crippen LogP contribution in [0.2, 0.25) is 10.0 Å². The van der Waals surface area contributed by atoms with Gasteiger partial charge in [0.15, 0.2) is 5.78 Å². The van der Waals surface area contributed by atoms with Gasteiger partial charge in [0.1, 0.15) is 5.75 Å². The summed E-state index contributed by atoms with van der Waals surface area (Å²) < 4.78 is 5.21. The molecule has 1 aliphatic carbocycles. The van der Waals surface area contributed by atoms with Gasteiger partial charge in [0.25, 0.3) is 0 Å². The van der Waals surface area contributed by atoms with Crippen LogP contribution < -0.4 is 4.74 Å². The topological polar surface area (TPSA) is 26.3 Å². The van der Waals surface area contributed by atoms with Crippen molar-refractivity contribution in [1.29, 1.82) is 0 Å². The molecule has 0 unspecified atom stereocenters. The number of carbonyl (C=O) groups is 1. The van der Waals surface area contributed by atoms with E-state index in [2.05, 4.69) is 0 Å². The number of ether oxygens (including phenoxy) is 1. The molecule has 0 radical (unpaired) electrons. The lowest BCUT2D eigenvalue weighted by Gasteiger charge is -2.18. The zero-order valence-corrected chi connectivity index (χ0v) is 13.5. The van der Waals surface area contributed by atoms with Gasteiger partial charge in [-0.3, -0.25) is 4.79 Å². The second kappa shape index (κ2) is 6.15. The van der Waals surface area contributed by atoms with Crippen molar-refractivity contribution in [3.8, 4) is 5.75 Å². The van der Waals surface area contributed by atoms with Crippen LogP contribution in [-0.4, -0.2) is 12.9 Å². The smallest absolute Gasteiger partial charge is 0.189 e. The van der Waals surface area contributed by atoms with Gasteiger partial charge in [-0.2, -0.15) is 0 Å². The number of ketones is 1. The van der Waals surface area contributed by atoms with Crippen molar-refractivity contribution < 1.29 is 9.53 Å². The number of hydrogen-bond acceptors (Lipinski definition) is 2. The molecule has 0 aromatic heterocycles. The first kappa shape index (κ1) is 15.1. The second-order valence-corrected chi connectivity index (χ2v) is 5.95. The number of methoxy groups -OCH3 is 1. The molecule has 0 heterocycles. The summed E-state index contributed by atoms with van der Waals surface area (Å²) in [6.45, 7) is 0. The van der Waals surface area contributed by atoms with Crippen molar-refractivity contribution in [2.75, 3.05) is 7.11 Å². The van der Waals surface area contributed by atoms with Crippen LogP contribution in [0.5, 0.6) is 5.75 Å². The number of hydrogen-bond donors (Lipinski definition) is 0. The van der Waals surface area contributed by atoms with E-state index in [1.807, 2.05) is 36.4 Å². The number of halogens is 2. The number of fused-ring (bicyclic) bond motifs is 1. The fourth-order valence-electron chi connectivity index (χ4n) is 2.64. The number of allylic oxidation sites excluding steroid dienone is 1. The van der Waals surface area contributed by atoms with E-state index in [4.69, 9.17) is 27.9 Å². The Morgan fingerprint density at radius 3 is 2.73 bits per heavy atom. The van der Waals surface area contributed by atoms with Crippen molar-refractivity contribution in [1.82, 2.24) is 0 Å². The number of carbonyl (C=O) groups excluding carboxylic acids is 1. The van der Waals surface area contributed by atoms with E-state index in [1.54, 1.807) is 13.2 Å². The molecule has 0 saturated carbocycles. The Kier molecular flexibility index (Phi) is 4.23. The highest BCUT2D eigenvalue weighted by Gasteiger charge is 2.22. The first-order valence-electron chi connectivity index (χ1n) is 6.96. The molecule has 0 saturated heterocycles. The van der Waals surface area contributed by atoms with Crippen molar-refractivity contribution in [2.24, 2.45) is 0 Å². The molecule has 1 aliphatic rings. The maximum Gasteiger partial charge on any atom is 0.189 e. The maximum atomic E-state index is 12.6. The van der Waals surface area contributed by atoms with Crippen molar-refractivity contribution in [3.63, 3.8) is 0 Å². The van der Waals surface area contributed by atoms with E-state index >= 15 is 0 Å².